The van der Waals surface area contributed by atoms with Crippen LogP contribution in [0.4, 0.5) is 0 Å². The standard InChI is InChI=1S/C4H10.2ClH.Ni/c1-3-4-2;;;/h3-4H2,1-2H3;2*1H;/q;;;+2/p-2. The number of hydrogen-bond donors (Lipinski definition) is 0. The zero-order chi connectivity index (χ0) is 6.12. The third-order valence-corrected chi connectivity index (χ3v) is 0.500. The van der Waals surface area contributed by atoms with Crippen molar-refractivity contribution in [3.63, 3.8) is 0 Å². The number of unbranched alkanes of at least 4 members (excludes halogenated alkanes) is 1. The van der Waals surface area contributed by atoms with Gasteiger partial charge in [-0.1, -0.05) is 26.7 Å². The molecule has 0 fully saturated rings. The average molecular weight is 188 g/mol. The molecule has 0 heterocycles. The maximum atomic E-state index is 4.70. The fraction of sp³-hybridized carbons (Fsp3) is 1.00. The molecular weight excluding hydrogens is 178 g/mol. The molecule has 0 N–H and O–H groups in total. The van der Waals surface area contributed by atoms with Crippen LogP contribution in [0.5, 0.6) is 0 Å². The quantitative estimate of drug-likeness (QED) is 0.554. The SMILES string of the molecule is CCCC.[Cl][Ni][Cl]. The van der Waals surface area contributed by atoms with Crippen molar-refractivity contribution in [2.24, 2.45) is 0 Å². The molecule has 0 unspecified atom stereocenters. The Morgan fingerprint density at radius 1 is 1.14 bits per heavy atom. The van der Waals surface area contributed by atoms with Crippen molar-refractivity contribution in [3.8, 4) is 0 Å². The summed E-state index contributed by atoms with van der Waals surface area (Å²) in [4.78, 5) is 0. The molecule has 0 bridgehead atoms. The molecule has 0 aliphatic rings. The van der Waals surface area contributed by atoms with E-state index in [1.165, 1.54) is 12.8 Å². The molecule has 50 valence electrons. The summed E-state index contributed by atoms with van der Waals surface area (Å²) < 4.78 is 0. The maximum absolute atomic E-state index is 4.70. The van der Waals surface area contributed by atoms with E-state index in [4.69, 9.17) is 20.4 Å². The van der Waals surface area contributed by atoms with Crippen molar-refractivity contribution in [2.75, 3.05) is 0 Å². The first-order valence-electron chi connectivity index (χ1n) is 2.15. The van der Waals surface area contributed by atoms with Gasteiger partial charge in [0, 0.05) is 0 Å². The first-order valence-corrected chi connectivity index (χ1v) is 4.87. The molecule has 0 spiro atoms. The van der Waals surface area contributed by atoms with Crippen LogP contribution in [0.15, 0.2) is 0 Å². The molecule has 0 aromatic rings. The summed E-state index contributed by atoms with van der Waals surface area (Å²) in [6.45, 7) is 4.36. The molecule has 0 aromatic heterocycles. The Bertz CT molecular complexity index is 17.2. The number of halogens is 2. The van der Waals surface area contributed by atoms with Gasteiger partial charge in [-0.2, -0.15) is 0 Å². The minimum absolute atomic E-state index is 0.569. The summed E-state index contributed by atoms with van der Waals surface area (Å²) in [5, 5.41) is 0. The van der Waals surface area contributed by atoms with E-state index in [1.54, 1.807) is 0 Å². The Labute approximate surface area is 59.9 Å². The molecule has 7 heavy (non-hydrogen) atoms. The molecule has 0 aliphatic carbocycles. The van der Waals surface area contributed by atoms with E-state index in [0.29, 0.717) is 12.7 Å². The van der Waals surface area contributed by atoms with Crippen LogP contribution in [0.25, 0.3) is 0 Å². The topological polar surface area (TPSA) is 0 Å². The van der Waals surface area contributed by atoms with Crippen LogP contribution in [0, 0.1) is 0 Å². The van der Waals surface area contributed by atoms with Crippen molar-refractivity contribution < 1.29 is 12.7 Å². The van der Waals surface area contributed by atoms with Crippen molar-refractivity contribution in [2.45, 2.75) is 26.7 Å². The summed E-state index contributed by atoms with van der Waals surface area (Å²) in [6, 6.07) is 0. The van der Waals surface area contributed by atoms with E-state index in [-0.39, 0.29) is 0 Å². The van der Waals surface area contributed by atoms with Crippen molar-refractivity contribution in [1.82, 2.24) is 0 Å². The van der Waals surface area contributed by atoms with Crippen LogP contribution in [-0.2, 0) is 12.7 Å². The summed E-state index contributed by atoms with van der Waals surface area (Å²) in [7, 11) is 9.40. The zero-order valence-corrected chi connectivity index (χ0v) is 6.99. The molecule has 3 heteroatoms. The summed E-state index contributed by atoms with van der Waals surface area (Å²) >= 11 is 0.569. The van der Waals surface area contributed by atoms with E-state index >= 15 is 0 Å². The Kier molecular flexibility index (Phi) is 24.6. The van der Waals surface area contributed by atoms with Crippen LogP contribution < -0.4 is 0 Å². The number of hydrogen-bond acceptors (Lipinski definition) is 0. The molecule has 0 amide bonds. The average Bonchev–Trinajstić information content (AvgIpc) is 1.69. The third kappa shape index (κ3) is 42.3. The molecule has 0 saturated carbocycles. The molecule has 0 aliphatic heterocycles. The molecule has 0 radical (unpaired) electrons. The van der Waals surface area contributed by atoms with E-state index in [9.17, 15) is 0 Å². The van der Waals surface area contributed by atoms with Gasteiger partial charge in [-0.25, -0.2) is 0 Å². The van der Waals surface area contributed by atoms with Crippen molar-refractivity contribution in [1.29, 1.82) is 0 Å². The summed E-state index contributed by atoms with van der Waals surface area (Å²) in [6.07, 6.45) is 2.64. The van der Waals surface area contributed by atoms with E-state index in [2.05, 4.69) is 13.8 Å². The molecule has 0 atom stereocenters. The van der Waals surface area contributed by atoms with Gasteiger partial charge in [0.15, 0.2) is 0 Å². The first-order chi connectivity index (χ1) is 3.33. The van der Waals surface area contributed by atoms with Gasteiger partial charge in [0.25, 0.3) is 0 Å². The Balaban J connectivity index is 0. The minimum atomic E-state index is 0.569. The van der Waals surface area contributed by atoms with Gasteiger partial charge in [0.05, 0.1) is 0 Å². The van der Waals surface area contributed by atoms with Crippen LogP contribution in [0.3, 0.4) is 0 Å². The Hall–Kier alpha value is 1.07. The van der Waals surface area contributed by atoms with Gasteiger partial charge in [-0.05, 0) is 0 Å². The predicted molar refractivity (Wildman–Crippen MR) is 32.3 cm³/mol. The molecular formula is C4H10Cl2Ni. The monoisotopic (exact) mass is 186 g/mol. The molecule has 0 rings (SSSR count). The molecule has 0 aromatic carbocycles. The fourth-order valence-electron chi connectivity index (χ4n) is 0. The van der Waals surface area contributed by atoms with Crippen LogP contribution in [0.1, 0.15) is 26.7 Å². The summed E-state index contributed by atoms with van der Waals surface area (Å²) in [5.74, 6) is 0. The predicted octanol–water partition coefficient (Wildman–Crippen LogP) is 3.18. The number of rotatable bonds is 1. The van der Waals surface area contributed by atoms with E-state index < -0.39 is 0 Å². The second-order valence-corrected chi connectivity index (χ2v) is 2.68. The summed E-state index contributed by atoms with van der Waals surface area (Å²) in [5.41, 5.74) is 0. The van der Waals surface area contributed by atoms with E-state index in [0.717, 1.165) is 0 Å². The van der Waals surface area contributed by atoms with Crippen molar-refractivity contribution >= 4 is 20.4 Å². The Morgan fingerprint density at radius 3 is 1.29 bits per heavy atom. The van der Waals surface area contributed by atoms with Crippen LogP contribution >= 0.6 is 20.4 Å². The van der Waals surface area contributed by atoms with Crippen molar-refractivity contribution in [3.05, 3.63) is 0 Å². The van der Waals surface area contributed by atoms with E-state index in [1.807, 2.05) is 0 Å². The van der Waals surface area contributed by atoms with Gasteiger partial charge in [-0.3, -0.25) is 0 Å². The van der Waals surface area contributed by atoms with Crippen LogP contribution in [-0.4, -0.2) is 0 Å². The van der Waals surface area contributed by atoms with Gasteiger partial charge in [0.1, 0.15) is 0 Å². The second-order valence-electron chi connectivity index (χ2n) is 1.05. The normalized spacial score (nSPS) is 7.43. The van der Waals surface area contributed by atoms with Gasteiger partial charge in [0.2, 0.25) is 0 Å². The third-order valence-electron chi connectivity index (χ3n) is 0.500. The van der Waals surface area contributed by atoms with Gasteiger partial charge < -0.3 is 0 Å². The zero-order valence-electron chi connectivity index (χ0n) is 4.49. The fourth-order valence-corrected chi connectivity index (χ4v) is 0. The second kappa shape index (κ2) is 15.7. The molecule has 0 nitrogen and oxygen atoms in total. The first kappa shape index (κ1) is 11.0. The van der Waals surface area contributed by atoms with Gasteiger partial charge in [-0.15, -0.1) is 0 Å². The van der Waals surface area contributed by atoms with Crippen LogP contribution in [0.2, 0.25) is 0 Å². The Morgan fingerprint density at radius 2 is 1.29 bits per heavy atom. The molecule has 0 saturated heterocycles. The van der Waals surface area contributed by atoms with Gasteiger partial charge >= 0.3 is 33.0 Å².